The van der Waals surface area contributed by atoms with Crippen molar-refractivity contribution in [3.8, 4) is 0 Å². The number of nitrogens with zero attached hydrogens (tertiary/aromatic N) is 4. The average molecular weight is 312 g/mol. The molecule has 0 bridgehead atoms. The normalized spacial score (nSPS) is 21.0. The Morgan fingerprint density at radius 2 is 1.76 bits per heavy atom. The lowest BCUT2D eigenvalue weighted by Gasteiger charge is -2.22. The molecular formula is C14H24N4O2S. The van der Waals surface area contributed by atoms with E-state index in [9.17, 15) is 8.42 Å². The molecule has 1 fully saturated rings. The molecule has 0 saturated carbocycles. The SMILES string of the molecule is CCc1nnc(N2CCC(C)(C)S(=O)(=O)CC2)nc1CC. The summed E-state index contributed by atoms with van der Waals surface area (Å²) in [5, 5.41) is 8.43. The Bertz CT molecular complexity index is 613. The lowest BCUT2D eigenvalue weighted by molar-refractivity contribution is 0.537. The third-order valence-electron chi connectivity index (χ3n) is 4.24. The van der Waals surface area contributed by atoms with Crippen LogP contribution in [0.4, 0.5) is 5.95 Å². The van der Waals surface area contributed by atoms with E-state index in [1.54, 1.807) is 13.8 Å². The molecule has 6 nitrogen and oxygen atoms in total. The van der Waals surface area contributed by atoms with Gasteiger partial charge in [0.05, 0.1) is 21.9 Å². The molecule has 0 aliphatic carbocycles. The molecule has 7 heteroatoms. The van der Waals surface area contributed by atoms with Gasteiger partial charge in [0.15, 0.2) is 9.84 Å². The second kappa shape index (κ2) is 5.87. The summed E-state index contributed by atoms with van der Waals surface area (Å²) in [6, 6.07) is 0. The molecule has 118 valence electrons. The summed E-state index contributed by atoms with van der Waals surface area (Å²) in [7, 11) is -3.08. The number of sulfone groups is 1. The van der Waals surface area contributed by atoms with Gasteiger partial charge in [0, 0.05) is 13.1 Å². The van der Waals surface area contributed by atoms with Gasteiger partial charge in [-0.25, -0.2) is 13.4 Å². The minimum absolute atomic E-state index is 0.139. The van der Waals surface area contributed by atoms with E-state index in [1.807, 2.05) is 18.7 Å². The van der Waals surface area contributed by atoms with Crippen molar-refractivity contribution in [3.05, 3.63) is 11.4 Å². The first-order chi connectivity index (χ1) is 9.80. The summed E-state index contributed by atoms with van der Waals surface area (Å²) in [4.78, 5) is 6.52. The molecule has 0 radical (unpaired) electrons. The van der Waals surface area contributed by atoms with Crippen LogP contribution >= 0.6 is 0 Å². The van der Waals surface area contributed by atoms with E-state index in [0.29, 0.717) is 25.5 Å². The second-order valence-electron chi connectivity index (χ2n) is 6.03. The average Bonchev–Trinajstić information content (AvgIpc) is 2.55. The van der Waals surface area contributed by atoms with Gasteiger partial charge in [-0.15, -0.1) is 5.10 Å². The molecule has 1 aliphatic rings. The molecule has 1 aromatic heterocycles. The maximum atomic E-state index is 12.2. The van der Waals surface area contributed by atoms with Gasteiger partial charge in [0.25, 0.3) is 0 Å². The number of hydrogen-bond acceptors (Lipinski definition) is 6. The maximum Gasteiger partial charge on any atom is 0.245 e. The highest BCUT2D eigenvalue weighted by Crippen LogP contribution is 2.26. The molecule has 1 saturated heterocycles. The van der Waals surface area contributed by atoms with Crippen molar-refractivity contribution in [2.45, 2.75) is 51.7 Å². The van der Waals surface area contributed by atoms with E-state index in [0.717, 1.165) is 24.2 Å². The molecule has 2 heterocycles. The van der Waals surface area contributed by atoms with Gasteiger partial charge in [-0.1, -0.05) is 13.8 Å². The molecule has 2 rings (SSSR count). The highest BCUT2D eigenvalue weighted by Gasteiger charge is 2.37. The van der Waals surface area contributed by atoms with Gasteiger partial charge >= 0.3 is 0 Å². The summed E-state index contributed by atoms with van der Waals surface area (Å²) in [6.07, 6.45) is 2.20. The maximum absolute atomic E-state index is 12.2. The first-order valence-corrected chi connectivity index (χ1v) is 9.15. The lowest BCUT2D eigenvalue weighted by atomic mass is 10.1. The summed E-state index contributed by atoms with van der Waals surface area (Å²) in [5.74, 6) is 0.692. The van der Waals surface area contributed by atoms with Gasteiger partial charge < -0.3 is 4.90 Å². The quantitative estimate of drug-likeness (QED) is 0.840. The number of rotatable bonds is 3. The van der Waals surface area contributed by atoms with Gasteiger partial charge in [0.2, 0.25) is 5.95 Å². The Labute approximate surface area is 126 Å². The number of aryl methyl sites for hydroxylation is 2. The minimum Gasteiger partial charge on any atom is -0.338 e. The summed E-state index contributed by atoms with van der Waals surface area (Å²) >= 11 is 0. The molecule has 1 aliphatic heterocycles. The molecule has 0 N–H and O–H groups in total. The summed E-state index contributed by atoms with van der Waals surface area (Å²) in [6.45, 7) is 8.74. The molecule has 0 atom stereocenters. The molecule has 0 spiro atoms. The van der Waals surface area contributed by atoms with Gasteiger partial charge in [0.1, 0.15) is 0 Å². The predicted octanol–water partition coefficient (Wildman–Crippen LogP) is 1.40. The number of aromatic nitrogens is 3. The van der Waals surface area contributed by atoms with Crippen LogP contribution < -0.4 is 4.90 Å². The molecule has 1 aromatic rings. The van der Waals surface area contributed by atoms with Crippen LogP contribution in [0.2, 0.25) is 0 Å². The zero-order valence-electron chi connectivity index (χ0n) is 13.3. The van der Waals surface area contributed by atoms with Crippen LogP contribution in [-0.2, 0) is 22.7 Å². The Balaban J connectivity index is 2.28. The van der Waals surface area contributed by atoms with Crippen molar-refractivity contribution in [3.63, 3.8) is 0 Å². The number of hydrogen-bond donors (Lipinski definition) is 0. The highest BCUT2D eigenvalue weighted by molar-refractivity contribution is 7.92. The van der Waals surface area contributed by atoms with E-state index in [4.69, 9.17) is 0 Å². The van der Waals surface area contributed by atoms with E-state index in [1.165, 1.54) is 0 Å². The zero-order chi connectivity index (χ0) is 15.7. The Hall–Kier alpha value is -1.24. The first-order valence-electron chi connectivity index (χ1n) is 7.50. The van der Waals surface area contributed by atoms with Crippen LogP contribution in [0.5, 0.6) is 0 Å². The van der Waals surface area contributed by atoms with Crippen LogP contribution in [0.25, 0.3) is 0 Å². The van der Waals surface area contributed by atoms with Crippen molar-refractivity contribution >= 4 is 15.8 Å². The van der Waals surface area contributed by atoms with Crippen LogP contribution in [-0.4, -0.2) is 47.2 Å². The number of anilines is 1. The smallest absolute Gasteiger partial charge is 0.245 e. The van der Waals surface area contributed by atoms with E-state index < -0.39 is 14.6 Å². The third-order valence-corrected chi connectivity index (χ3v) is 6.84. The highest BCUT2D eigenvalue weighted by atomic mass is 32.2. The van der Waals surface area contributed by atoms with Gasteiger partial charge in [-0.3, -0.25) is 0 Å². The van der Waals surface area contributed by atoms with Crippen LogP contribution in [0.3, 0.4) is 0 Å². The molecular weight excluding hydrogens is 288 g/mol. The summed E-state index contributed by atoms with van der Waals surface area (Å²) in [5.41, 5.74) is 1.87. The Morgan fingerprint density at radius 1 is 1.10 bits per heavy atom. The standard InChI is InChI=1S/C14H24N4O2S/c1-5-11-12(6-2)16-17-13(15-11)18-8-7-14(3,4)21(19,20)10-9-18/h5-10H2,1-4H3. The Kier molecular flexibility index (Phi) is 4.51. The fourth-order valence-electron chi connectivity index (χ4n) is 2.44. The van der Waals surface area contributed by atoms with Crippen molar-refractivity contribution in [2.24, 2.45) is 0 Å². The molecule has 21 heavy (non-hydrogen) atoms. The summed E-state index contributed by atoms with van der Waals surface area (Å²) < 4.78 is 23.8. The lowest BCUT2D eigenvalue weighted by Crippen LogP contribution is -2.33. The van der Waals surface area contributed by atoms with Gasteiger partial charge in [-0.2, -0.15) is 5.10 Å². The minimum atomic E-state index is -3.08. The van der Waals surface area contributed by atoms with Crippen LogP contribution in [0.1, 0.15) is 45.5 Å². The fourth-order valence-corrected chi connectivity index (χ4v) is 3.86. The molecule has 0 aromatic carbocycles. The van der Waals surface area contributed by atoms with Crippen molar-refractivity contribution in [2.75, 3.05) is 23.7 Å². The molecule has 0 amide bonds. The van der Waals surface area contributed by atoms with Crippen LogP contribution in [0.15, 0.2) is 0 Å². The first kappa shape index (κ1) is 16.1. The molecule has 0 unspecified atom stereocenters. The fraction of sp³-hybridized carbons (Fsp3) is 0.786. The second-order valence-corrected chi connectivity index (χ2v) is 8.77. The van der Waals surface area contributed by atoms with E-state index in [2.05, 4.69) is 15.2 Å². The van der Waals surface area contributed by atoms with Gasteiger partial charge in [-0.05, 0) is 33.1 Å². The predicted molar refractivity (Wildman–Crippen MR) is 83.3 cm³/mol. The zero-order valence-corrected chi connectivity index (χ0v) is 14.1. The van der Waals surface area contributed by atoms with Crippen molar-refractivity contribution < 1.29 is 8.42 Å². The largest absolute Gasteiger partial charge is 0.338 e. The van der Waals surface area contributed by atoms with Crippen LogP contribution in [0, 0.1) is 0 Å². The van der Waals surface area contributed by atoms with E-state index >= 15 is 0 Å². The third kappa shape index (κ3) is 3.17. The van der Waals surface area contributed by atoms with E-state index in [-0.39, 0.29) is 5.75 Å². The van der Waals surface area contributed by atoms with Crippen molar-refractivity contribution in [1.82, 2.24) is 15.2 Å². The van der Waals surface area contributed by atoms with Crippen molar-refractivity contribution in [1.29, 1.82) is 0 Å². The topological polar surface area (TPSA) is 76.1 Å². The monoisotopic (exact) mass is 312 g/mol. The Morgan fingerprint density at radius 3 is 2.38 bits per heavy atom.